The summed E-state index contributed by atoms with van der Waals surface area (Å²) >= 11 is 0. The van der Waals surface area contributed by atoms with Gasteiger partial charge < -0.3 is 20.2 Å². The molecule has 2 aliphatic heterocycles. The highest BCUT2D eigenvalue weighted by molar-refractivity contribution is 5.98. The molecular weight excluding hydrogens is 466 g/mol. The number of nitrogens with zero attached hydrogens (tertiary/aromatic N) is 2. The quantitative estimate of drug-likeness (QED) is 0.505. The molecule has 0 aromatic heterocycles. The Morgan fingerprint density at radius 2 is 1.51 bits per heavy atom. The molecule has 2 fully saturated rings. The molecule has 198 valence electrons. The van der Waals surface area contributed by atoms with E-state index in [9.17, 15) is 19.5 Å². The molecule has 2 aliphatic rings. The van der Waals surface area contributed by atoms with E-state index in [1.807, 2.05) is 67.3 Å². The van der Waals surface area contributed by atoms with Crippen LogP contribution in [0.5, 0.6) is 0 Å². The predicted molar refractivity (Wildman–Crippen MR) is 143 cm³/mol. The van der Waals surface area contributed by atoms with E-state index in [0.29, 0.717) is 18.3 Å². The Kier molecular flexibility index (Phi) is 8.32. The third kappa shape index (κ3) is 6.04. The summed E-state index contributed by atoms with van der Waals surface area (Å²) in [5.74, 6) is -1.84. The van der Waals surface area contributed by atoms with Crippen LogP contribution in [0, 0.1) is 37.5 Å². The second-order valence-corrected chi connectivity index (χ2v) is 11.1. The number of hydrogen-bond donors (Lipinski definition) is 2. The van der Waals surface area contributed by atoms with Gasteiger partial charge in [0.15, 0.2) is 0 Å². The number of carboxylic acids is 1. The highest BCUT2D eigenvalue weighted by atomic mass is 16.4. The third-order valence-electron chi connectivity index (χ3n) is 8.01. The van der Waals surface area contributed by atoms with Gasteiger partial charge in [0.2, 0.25) is 5.91 Å². The van der Waals surface area contributed by atoms with Crippen LogP contribution in [-0.2, 0) is 9.59 Å². The molecule has 4 rings (SSSR count). The summed E-state index contributed by atoms with van der Waals surface area (Å²) in [7, 11) is 0. The van der Waals surface area contributed by atoms with Gasteiger partial charge in [-0.25, -0.2) is 0 Å². The number of nitrogens with one attached hydrogen (secondary N) is 1. The molecule has 3 unspecified atom stereocenters. The average Bonchev–Trinajstić information content (AvgIpc) is 3.40. The molecule has 7 heteroatoms. The Hall–Kier alpha value is -3.19. The molecule has 2 aromatic carbocycles. The first-order valence-electron chi connectivity index (χ1n) is 13.3. The maximum atomic E-state index is 13.3. The Labute approximate surface area is 219 Å². The van der Waals surface area contributed by atoms with Crippen molar-refractivity contribution in [2.45, 2.75) is 40.2 Å². The number of aryl methyl sites for hydroxylation is 2. The zero-order valence-corrected chi connectivity index (χ0v) is 22.3. The van der Waals surface area contributed by atoms with E-state index in [-0.39, 0.29) is 17.9 Å². The lowest BCUT2D eigenvalue weighted by Crippen LogP contribution is -2.41. The van der Waals surface area contributed by atoms with E-state index >= 15 is 0 Å². The van der Waals surface area contributed by atoms with Gasteiger partial charge >= 0.3 is 5.97 Å². The molecule has 37 heavy (non-hydrogen) atoms. The van der Waals surface area contributed by atoms with Gasteiger partial charge in [-0.05, 0) is 54.7 Å². The minimum atomic E-state index is -1.09. The molecule has 2 heterocycles. The van der Waals surface area contributed by atoms with Crippen molar-refractivity contribution in [1.82, 2.24) is 15.1 Å². The van der Waals surface area contributed by atoms with Crippen molar-refractivity contribution in [3.05, 3.63) is 70.8 Å². The Bertz CT molecular complexity index is 1100. The SMILES string of the molecule is Cc1cccc(C)c1C(=O)N1CC2CN(CC[C@H](NC(=O)C(C(=O)O)C(C)C)c3ccccc3)CC2C1. The molecule has 2 aromatic rings. The van der Waals surface area contributed by atoms with Crippen molar-refractivity contribution in [1.29, 1.82) is 0 Å². The van der Waals surface area contributed by atoms with Gasteiger partial charge in [0.1, 0.15) is 5.92 Å². The van der Waals surface area contributed by atoms with Crippen LogP contribution in [-0.4, -0.2) is 65.4 Å². The summed E-state index contributed by atoms with van der Waals surface area (Å²) in [6, 6.07) is 15.5. The Balaban J connectivity index is 1.36. The topological polar surface area (TPSA) is 90.0 Å². The van der Waals surface area contributed by atoms with Crippen molar-refractivity contribution in [3.63, 3.8) is 0 Å². The summed E-state index contributed by atoms with van der Waals surface area (Å²) in [6.45, 7) is 11.7. The first-order valence-corrected chi connectivity index (χ1v) is 13.3. The number of likely N-dealkylation sites (tertiary alicyclic amines) is 2. The van der Waals surface area contributed by atoms with Crippen LogP contribution in [0.3, 0.4) is 0 Å². The van der Waals surface area contributed by atoms with E-state index in [2.05, 4.69) is 10.2 Å². The maximum Gasteiger partial charge on any atom is 0.316 e. The Morgan fingerprint density at radius 1 is 0.919 bits per heavy atom. The second-order valence-electron chi connectivity index (χ2n) is 11.1. The van der Waals surface area contributed by atoms with Crippen LogP contribution in [0.4, 0.5) is 0 Å². The Morgan fingerprint density at radius 3 is 2.05 bits per heavy atom. The number of hydrogen-bond acceptors (Lipinski definition) is 4. The molecule has 7 nitrogen and oxygen atoms in total. The van der Waals surface area contributed by atoms with E-state index < -0.39 is 17.8 Å². The van der Waals surface area contributed by atoms with Crippen LogP contribution in [0.15, 0.2) is 48.5 Å². The number of carbonyl (C=O) groups is 3. The molecule has 2 N–H and O–H groups in total. The average molecular weight is 506 g/mol. The summed E-state index contributed by atoms with van der Waals surface area (Å²) in [5, 5.41) is 12.6. The second kappa shape index (κ2) is 11.5. The molecule has 0 spiro atoms. The standard InChI is InChI=1S/C30H39N3O4/c1-19(2)26(30(36)37)28(34)31-25(22-11-6-5-7-12-22)13-14-32-15-23-17-33(18-24(23)16-32)29(35)27-20(3)9-8-10-21(27)4/h5-12,19,23-26H,13-18H2,1-4H3,(H,31,34)(H,36,37)/t23?,24?,25-,26?/m0/s1. The van der Waals surface area contributed by atoms with Crippen molar-refractivity contribution in [2.24, 2.45) is 23.7 Å². The van der Waals surface area contributed by atoms with Crippen LogP contribution >= 0.6 is 0 Å². The minimum absolute atomic E-state index is 0.140. The number of amides is 2. The van der Waals surface area contributed by atoms with E-state index in [1.165, 1.54) is 0 Å². The van der Waals surface area contributed by atoms with Crippen LogP contribution in [0.1, 0.15) is 53.4 Å². The van der Waals surface area contributed by atoms with E-state index in [4.69, 9.17) is 0 Å². The predicted octanol–water partition coefficient (Wildman–Crippen LogP) is 3.91. The zero-order chi connectivity index (χ0) is 26.7. The van der Waals surface area contributed by atoms with Gasteiger partial charge in [-0.2, -0.15) is 0 Å². The van der Waals surface area contributed by atoms with E-state index in [0.717, 1.165) is 55.0 Å². The molecule has 2 amide bonds. The summed E-state index contributed by atoms with van der Waals surface area (Å²) < 4.78 is 0. The normalized spacial score (nSPS) is 21.1. The lowest BCUT2D eigenvalue weighted by molar-refractivity contribution is -0.149. The third-order valence-corrected chi connectivity index (χ3v) is 8.01. The largest absolute Gasteiger partial charge is 0.481 e. The van der Waals surface area contributed by atoms with Crippen molar-refractivity contribution in [3.8, 4) is 0 Å². The van der Waals surface area contributed by atoms with Gasteiger partial charge in [0.25, 0.3) is 5.91 Å². The molecule has 2 saturated heterocycles. The number of rotatable bonds is 9. The lowest BCUT2D eigenvalue weighted by Gasteiger charge is -2.26. The first kappa shape index (κ1) is 26.9. The molecule has 0 radical (unpaired) electrons. The van der Waals surface area contributed by atoms with Gasteiger partial charge in [-0.1, -0.05) is 62.4 Å². The molecule has 0 bridgehead atoms. The number of carbonyl (C=O) groups excluding carboxylic acids is 2. The summed E-state index contributed by atoms with van der Waals surface area (Å²) in [5.41, 5.74) is 3.87. The number of aliphatic carboxylic acids is 1. The van der Waals surface area contributed by atoms with Crippen LogP contribution in [0.2, 0.25) is 0 Å². The van der Waals surface area contributed by atoms with Gasteiger partial charge in [0, 0.05) is 38.3 Å². The van der Waals surface area contributed by atoms with Gasteiger partial charge in [-0.15, -0.1) is 0 Å². The highest BCUT2D eigenvalue weighted by Crippen LogP contribution is 2.33. The fourth-order valence-electron chi connectivity index (χ4n) is 6.03. The lowest BCUT2D eigenvalue weighted by atomic mass is 9.94. The molecular formula is C30H39N3O4. The van der Waals surface area contributed by atoms with E-state index in [1.54, 1.807) is 13.8 Å². The van der Waals surface area contributed by atoms with Gasteiger partial charge in [-0.3, -0.25) is 14.4 Å². The fraction of sp³-hybridized carbons (Fsp3) is 0.500. The van der Waals surface area contributed by atoms with Crippen LogP contribution < -0.4 is 5.32 Å². The number of fused-ring (bicyclic) bond motifs is 1. The number of benzene rings is 2. The van der Waals surface area contributed by atoms with Crippen molar-refractivity contribution >= 4 is 17.8 Å². The molecule has 0 saturated carbocycles. The zero-order valence-electron chi connectivity index (χ0n) is 22.3. The van der Waals surface area contributed by atoms with Crippen molar-refractivity contribution < 1.29 is 19.5 Å². The summed E-state index contributed by atoms with van der Waals surface area (Å²) in [4.78, 5) is 42.3. The summed E-state index contributed by atoms with van der Waals surface area (Å²) in [6.07, 6.45) is 0.699. The monoisotopic (exact) mass is 505 g/mol. The van der Waals surface area contributed by atoms with Gasteiger partial charge in [0.05, 0.1) is 6.04 Å². The smallest absolute Gasteiger partial charge is 0.316 e. The van der Waals surface area contributed by atoms with Crippen molar-refractivity contribution in [2.75, 3.05) is 32.7 Å². The molecule has 0 aliphatic carbocycles. The minimum Gasteiger partial charge on any atom is -0.481 e. The number of carboxylic acid groups (broad SMARTS) is 1. The highest BCUT2D eigenvalue weighted by Gasteiger charge is 2.42. The maximum absolute atomic E-state index is 13.3. The van der Waals surface area contributed by atoms with Crippen LogP contribution in [0.25, 0.3) is 0 Å². The first-order chi connectivity index (χ1) is 17.7. The fourth-order valence-corrected chi connectivity index (χ4v) is 6.03. The molecule has 4 atom stereocenters.